The van der Waals surface area contributed by atoms with Gasteiger partial charge in [-0.3, -0.25) is 4.90 Å². The molecule has 106 valence electrons. The molecule has 0 aliphatic heterocycles. The Labute approximate surface area is 116 Å². The summed E-state index contributed by atoms with van der Waals surface area (Å²) in [5.74, 6) is -0.146. The second-order valence-corrected chi connectivity index (χ2v) is 5.76. The van der Waals surface area contributed by atoms with Crippen molar-refractivity contribution < 1.29 is 4.39 Å². The van der Waals surface area contributed by atoms with Gasteiger partial charge in [-0.25, -0.2) is 4.39 Å². The summed E-state index contributed by atoms with van der Waals surface area (Å²) in [6, 6.07) is 8.22. The van der Waals surface area contributed by atoms with E-state index in [-0.39, 0.29) is 5.82 Å². The van der Waals surface area contributed by atoms with Crippen molar-refractivity contribution in [2.45, 2.75) is 51.2 Å². The minimum absolute atomic E-state index is 0.146. The average molecular weight is 264 g/mol. The zero-order valence-electron chi connectivity index (χ0n) is 12.0. The average Bonchev–Trinajstić information content (AvgIpc) is 3.18. The zero-order chi connectivity index (χ0) is 13.7. The maximum atomic E-state index is 13.1. The van der Waals surface area contributed by atoms with E-state index in [1.54, 1.807) is 12.1 Å². The Morgan fingerprint density at radius 3 is 2.89 bits per heavy atom. The topological polar surface area (TPSA) is 15.3 Å². The minimum atomic E-state index is -0.146. The lowest BCUT2D eigenvalue weighted by Crippen LogP contribution is -2.29. The van der Waals surface area contributed by atoms with E-state index >= 15 is 0 Å². The third-order valence-electron chi connectivity index (χ3n) is 3.88. The molecule has 0 aromatic heterocycles. The van der Waals surface area contributed by atoms with Gasteiger partial charge in [-0.05, 0) is 63.9 Å². The molecule has 1 N–H and O–H groups in total. The second kappa shape index (κ2) is 7.01. The van der Waals surface area contributed by atoms with Crippen molar-refractivity contribution >= 4 is 0 Å². The summed E-state index contributed by atoms with van der Waals surface area (Å²) >= 11 is 0. The van der Waals surface area contributed by atoms with Crippen LogP contribution in [0.25, 0.3) is 0 Å². The zero-order valence-corrected chi connectivity index (χ0v) is 12.0. The summed E-state index contributed by atoms with van der Waals surface area (Å²) in [7, 11) is 2.11. The Morgan fingerprint density at radius 2 is 2.21 bits per heavy atom. The van der Waals surface area contributed by atoms with E-state index in [1.165, 1.54) is 31.7 Å². The van der Waals surface area contributed by atoms with Gasteiger partial charge in [0, 0.05) is 18.6 Å². The number of benzene rings is 1. The van der Waals surface area contributed by atoms with Gasteiger partial charge in [0.15, 0.2) is 0 Å². The van der Waals surface area contributed by atoms with Gasteiger partial charge in [0.1, 0.15) is 5.82 Å². The lowest BCUT2D eigenvalue weighted by atomic mass is 10.1. The number of halogens is 1. The minimum Gasteiger partial charge on any atom is -0.314 e. The molecule has 19 heavy (non-hydrogen) atoms. The number of hydrogen-bond acceptors (Lipinski definition) is 2. The molecule has 1 unspecified atom stereocenters. The van der Waals surface area contributed by atoms with Crippen LogP contribution in [0.4, 0.5) is 4.39 Å². The third-order valence-corrected chi connectivity index (χ3v) is 3.88. The molecule has 2 rings (SSSR count). The van der Waals surface area contributed by atoms with E-state index in [0.29, 0.717) is 6.04 Å². The molecular formula is C16H25FN2. The Kier molecular flexibility index (Phi) is 5.34. The summed E-state index contributed by atoms with van der Waals surface area (Å²) in [6.45, 7) is 4.19. The molecule has 1 aromatic rings. The third kappa shape index (κ3) is 5.29. The van der Waals surface area contributed by atoms with Crippen LogP contribution >= 0.6 is 0 Å². The molecule has 1 fully saturated rings. The summed E-state index contributed by atoms with van der Waals surface area (Å²) in [5.41, 5.74) is 1.05. The van der Waals surface area contributed by atoms with Crippen LogP contribution in [-0.2, 0) is 6.54 Å². The van der Waals surface area contributed by atoms with Crippen molar-refractivity contribution in [2.24, 2.45) is 0 Å². The summed E-state index contributed by atoms with van der Waals surface area (Å²) in [6.07, 6.45) is 5.11. The molecule has 1 atom stereocenters. The van der Waals surface area contributed by atoms with Gasteiger partial charge in [0.05, 0.1) is 0 Å². The lowest BCUT2D eigenvalue weighted by molar-refractivity contribution is 0.234. The first-order valence-corrected chi connectivity index (χ1v) is 7.33. The van der Waals surface area contributed by atoms with Crippen molar-refractivity contribution in [3.63, 3.8) is 0 Å². The van der Waals surface area contributed by atoms with Crippen molar-refractivity contribution in [1.82, 2.24) is 10.2 Å². The number of nitrogens with one attached hydrogen (secondary N) is 1. The van der Waals surface area contributed by atoms with Gasteiger partial charge in [-0.1, -0.05) is 12.1 Å². The highest BCUT2D eigenvalue weighted by atomic mass is 19.1. The van der Waals surface area contributed by atoms with Gasteiger partial charge in [0.25, 0.3) is 0 Å². The lowest BCUT2D eigenvalue weighted by Gasteiger charge is -2.24. The highest BCUT2D eigenvalue weighted by molar-refractivity contribution is 5.16. The summed E-state index contributed by atoms with van der Waals surface area (Å²) in [5, 5.41) is 3.54. The van der Waals surface area contributed by atoms with Crippen LogP contribution in [0.5, 0.6) is 0 Å². The molecule has 1 aromatic carbocycles. The molecule has 0 amide bonds. The van der Waals surface area contributed by atoms with Crippen LogP contribution in [0.1, 0.15) is 38.2 Å². The summed E-state index contributed by atoms with van der Waals surface area (Å²) in [4.78, 5) is 2.30. The molecule has 0 bridgehead atoms. The van der Waals surface area contributed by atoms with E-state index in [0.717, 1.165) is 24.7 Å². The molecule has 0 radical (unpaired) electrons. The fraction of sp³-hybridized carbons (Fsp3) is 0.625. The van der Waals surface area contributed by atoms with E-state index in [4.69, 9.17) is 0 Å². The van der Waals surface area contributed by atoms with Gasteiger partial charge in [-0.15, -0.1) is 0 Å². The molecule has 1 aliphatic carbocycles. The summed E-state index contributed by atoms with van der Waals surface area (Å²) < 4.78 is 13.1. The fourth-order valence-electron chi connectivity index (χ4n) is 2.29. The first-order valence-electron chi connectivity index (χ1n) is 7.33. The first-order chi connectivity index (χ1) is 9.15. The Morgan fingerprint density at radius 1 is 1.42 bits per heavy atom. The number of nitrogens with zero attached hydrogens (tertiary/aromatic N) is 1. The largest absolute Gasteiger partial charge is 0.314 e. The van der Waals surface area contributed by atoms with Crippen molar-refractivity contribution in [1.29, 1.82) is 0 Å². The fourth-order valence-corrected chi connectivity index (χ4v) is 2.29. The standard InChI is InChI=1S/C16H25FN2/c1-13(5-4-10-18-16-8-9-16)19(2)12-14-6-3-7-15(17)11-14/h3,6-7,11,13,16,18H,4-5,8-10,12H2,1-2H3. The molecule has 0 saturated heterocycles. The van der Waals surface area contributed by atoms with Gasteiger partial charge < -0.3 is 5.32 Å². The van der Waals surface area contributed by atoms with Crippen molar-refractivity contribution in [3.05, 3.63) is 35.6 Å². The van der Waals surface area contributed by atoms with Crippen LogP contribution < -0.4 is 5.32 Å². The van der Waals surface area contributed by atoms with Crippen LogP contribution in [0.3, 0.4) is 0 Å². The first kappa shape index (κ1) is 14.5. The van der Waals surface area contributed by atoms with E-state index in [9.17, 15) is 4.39 Å². The quantitative estimate of drug-likeness (QED) is 0.725. The monoisotopic (exact) mass is 264 g/mol. The number of hydrogen-bond donors (Lipinski definition) is 1. The molecule has 1 aliphatic rings. The number of rotatable bonds is 8. The predicted octanol–water partition coefficient (Wildman–Crippen LogP) is 3.18. The highest BCUT2D eigenvalue weighted by Gasteiger charge is 2.19. The normalized spacial score (nSPS) is 16.8. The molecule has 1 saturated carbocycles. The van der Waals surface area contributed by atoms with Gasteiger partial charge in [-0.2, -0.15) is 0 Å². The SMILES string of the molecule is CC(CCCNC1CC1)N(C)Cc1cccc(F)c1. The Hall–Kier alpha value is -0.930. The van der Waals surface area contributed by atoms with Crippen molar-refractivity contribution in [3.8, 4) is 0 Å². The van der Waals surface area contributed by atoms with E-state index < -0.39 is 0 Å². The molecule has 0 spiro atoms. The van der Waals surface area contributed by atoms with Gasteiger partial charge >= 0.3 is 0 Å². The molecule has 0 heterocycles. The predicted molar refractivity (Wildman–Crippen MR) is 77.6 cm³/mol. The van der Waals surface area contributed by atoms with E-state index in [2.05, 4.69) is 24.2 Å². The maximum absolute atomic E-state index is 13.1. The second-order valence-electron chi connectivity index (χ2n) is 5.76. The van der Waals surface area contributed by atoms with Gasteiger partial charge in [0.2, 0.25) is 0 Å². The maximum Gasteiger partial charge on any atom is 0.123 e. The van der Waals surface area contributed by atoms with E-state index in [1.807, 2.05) is 6.07 Å². The van der Waals surface area contributed by atoms with Crippen molar-refractivity contribution in [2.75, 3.05) is 13.6 Å². The Balaban J connectivity index is 1.67. The van der Waals surface area contributed by atoms with Crippen LogP contribution in [0.2, 0.25) is 0 Å². The molecule has 3 heteroatoms. The van der Waals surface area contributed by atoms with Crippen LogP contribution in [-0.4, -0.2) is 30.6 Å². The van der Waals surface area contributed by atoms with Crippen LogP contribution in [0, 0.1) is 5.82 Å². The van der Waals surface area contributed by atoms with Crippen LogP contribution in [0.15, 0.2) is 24.3 Å². The molecule has 2 nitrogen and oxygen atoms in total. The smallest absolute Gasteiger partial charge is 0.123 e. The highest BCUT2D eigenvalue weighted by Crippen LogP contribution is 2.18. The molecular weight excluding hydrogens is 239 g/mol. The Bertz CT molecular complexity index is 390.